The Labute approximate surface area is 137 Å². The zero-order valence-corrected chi connectivity index (χ0v) is 13.2. The van der Waals surface area contributed by atoms with Gasteiger partial charge in [-0.1, -0.05) is 30.3 Å². The molecule has 6 heteroatoms. The summed E-state index contributed by atoms with van der Waals surface area (Å²) in [5.74, 6) is -1.23. The Balaban J connectivity index is 1.86. The number of thiophene rings is 1. The van der Waals surface area contributed by atoms with Gasteiger partial charge in [-0.15, -0.1) is 0 Å². The maximum Gasteiger partial charge on any atom is 0.303 e. The number of hydrazone groups is 1. The fourth-order valence-electron chi connectivity index (χ4n) is 2.60. The number of hydrogen-bond donors (Lipinski definition) is 1. The smallest absolute Gasteiger partial charge is 0.303 e. The summed E-state index contributed by atoms with van der Waals surface area (Å²) >= 11 is 1.57. The minimum atomic E-state index is -0.975. The van der Waals surface area contributed by atoms with Crippen LogP contribution in [-0.4, -0.2) is 27.7 Å². The van der Waals surface area contributed by atoms with E-state index in [0.717, 1.165) is 16.8 Å². The molecule has 0 bridgehead atoms. The van der Waals surface area contributed by atoms with Crippen LogP contribution < -0.4 is 0 Å². The molecular weight excluding hydrogens is 312 g/mol. The molecule has 118 valence electrons. The number of amides is 1. The number of carbonyl (C=O) groups is 2. The minimum absolute atomic E-state index is 0.0401. The van der Waals surface area contributed by atoms with Crippen LogP contribution in [0, 0.1) is 0 Å². The molecule has 2 aromatic rings. The van der Waals surface area contributed by atoms with Crippen LogP contribution in [0.25, 0.3) is 0 Å². The lowest BCUT2D eigenvalue weighted by Crippen LogP contribution is -2.27. The third-order valence-corrected chi connectivity index (χ3v) is 4.46. The van der Waals surface area contributed by atoms with Crippen LogP contribution in [0.5, 0.6) is 0 Å². The van der Waals surface area contributed by atoms with E-state index in [4.69, 9.17) is 5.11 Å². The summed E-state index contributed by atoms with van der Waals surface area (Å²) in [4.78, 5) is 23.1. The molecule has 5 nitrogen and oxygen atoms in total. The highest BCUT2D eigenvalue weighted by Gasteiger charge is 2.33. The SMILES string of the molecule is O=C(O)CCC(=O)N1N=C(c2ccccc2)C[C@@H]1c1ccsc1. The van der Waals surface area contributed by atoms with E-state index in [9.17, 15) is 9.59 Å². The van der Waals surface area contributed by atoms with Gasteiger partial charge in [-0.3, -0.25) is 9.59 Å². The monoisotopic (exact) mass is 328 g/mol. The highest BCUT2D eigenvalue weighted by molar-refractivity contribution is 7.08. The molecule has 0 unspecified atom stereocenters. The maximum atomic E-state index is 12.4. The third-order valence-electron chi connectivity index (χ3n) is 3.75. The number of carbonyl (C=O) groups excluding carboxylic acids is 1. The van der Waals surface area contributed by atoms with Crippen LogP contribution >= 0.6 is 11.3 Å². The summed E-state index contributed by atoms with van der Waals surface area (Å²) in [6.45, 7) is 0. The number of rotatable bonds is 5. The van der Waals surface area contributed by atoms with Crippen LogP contribution in [-0.2, 0) is 9.59 Å². The molecule has 1 aliphatic rings. The summed E-state index contributed by atoms with van der Waals surface area (Å²) in [6.07, 6.45) is 0.420. The van der Waals surface area contributed by atoms with E-state index in [2.05, 4.69) is 5.10 Å². The van der Waals surface area contributed by atoms with E-state index < -0.39 is 5.97 Å². The molecule has 1 aromatic heterocycles. The average molecular weight is 328 g/mol. The topological polar surface area (TPSA) is 70.0 Å². The third kappa shape index (κ3) is 3.48. The highest BCUT2D eigenvalue weighted by atomic mass is 32.1. The Kier molecular flexibility index (Phi) is 4.52. The standard InChI is InChI=1S/C17H16N2O3S/c20-16(6-7-17(21)22)19-15(13-8-9-23-11-13)10-14(18-19)12-4-2-1-3-5-12/h1-5,8-9,11,15H,6-7,10H2,(H,21,22)/t15-/m1/s1. The lowest BCUT2D eigenvalue weighted by Gasteiger charge is -2.20. The van der Waals surface area contributed by atoms with Crippen molar-refractivity contribution >= 4 is 28.9 Å². The average Bonchev–Trinajstić information content (AvgIpc) is 3.22. The van der Waals surface area contributed by atoms with Crippen molar-refractivity contribution in [2.75, 3.05) is 0 Å². The Morgan fingerprint density at radius 1 is 1.22 bits per heavy atom. The molecule has 1 amide bonds. The van der Waals surface area contributed by atoms with Gasteiger partial charge in [0.2, 0.25) is 5.91 Å². The van der Waals surface area contributed by atoms with Gasteiger partial charge < -0.3 is 5.11 Å². The van der Waals surface area contributed by atoms with Gasteiger partial charge in [0.25, 0.3) is 0 Å². The number of carboxylic acid groups (broad SMARTS) is 1. The molecular formula is C17H16N2O3S. The highest BCUT2D eigenvalue weighted by Crippen LogP contribution is 2.34. The first-order valence-electron chi connectivity index (χ1n) is 7.34. The van der Waals surface area contributed by atoms with Crippen LogP contribution in [0.15, 0.2) is 52.3 Å². The number of nitrogens with zero attached hydrogens (tertiary/aromatic N) is 2. The van der Waals surface area contributed by atoms with Crippen LogP contribution in [0.2, 0.25) is 0 Å². The van der Waals surface area contributed by atoms with Crippen LogP contribution in [0.1, 0.15) is 36.4 Å². The van der Waals surface area contributed by atoms with Gasteiger partial charge in [0.15, 0.2) is 0 Å². The zero-order chi connectivity index (χ0) is 16.2. The first kappa shape index (κ1) is 15.4. The van der Waals surface area contributed by atoms with Gasteiger partial charge >= 0.3 is 5.97 Å². The van der Waals surface area contributed by atoms with E-state index >= 15 is 0 Å². The molecule has 1 aromatic carbocycles. The first-order valence-corrected chi connectivity index (χ1v) is 8.28. The molecule has 1 atom stereocenters. The van der Waals surface area contributed by atoms with Gasteiger partial charge in [0.05, 0.1) is 18.2 Å². The van der Waals surface area contributed by atoms with Crippen molar-refractivity contribution in [3.63, 3.8) is 0 Å². The van der Waals surface area contributed by atoms with Crippen molar-refractivity contribution in [3.05, 3.63) is 58.3 Å². The van der Waals surface area contributed by atoms with E-state index in [1.807, 2.05) is 47.2 Å². The Bertz CT molecular complexity index is 726. The van der Waals surface area contributed by atoms with Crippen molar-refractivity contribution in [3.8, 4) is 0 Å². The van der Waals surface area contributed by atoms with Crippen LogP contribution in [0.3, 0.4) is 0 Å². The van der Waals surface area contributed by atoms with Crippen molar-refractivity contribution < 1.29 is 14.7 Å². The van der Waals surface area contributed by atoms with Gasteiger partial charge in [-0.25, -0.2) is 5.01 Å². The molecule has 0 radical (unpaired) electrons. The first-order chi connectivity index (χ1) is 11.1. The van der Waals surface area contributed by atoms with Gasteiger partial charge in [-0.2, -0.15) is 16.4 Å². The van der Waals surface area contributed by atoms with E-state index in [1.54, 1.807) is 11.3 Å². The van der Waals surface area contributed by atoms with Crippen molar-refractivity contribution in [1.82, 2.24) is 5.01 Å². The van der Waals surface area contributed by atoms with Crippen molar-refractivity contribution in [2.24, 2.45) is 5.10 Å². The van der Waals surface area contributed by atoms with Gasteiger partial charge in [0.1, 0.15) is 0 Å². The lowest BCUT2D eigenvalue weighted by molar-refractivity contribution is -0.141. The number of benzene rings is 1. The quantitative estimate of drug-likeness (QED) is 0.915. The number of hydrogen-bond acceptors (Lipinski definition) is 4. The van der Waals surface area contributed by atoms with Crippen molar-refractivity contribution in [1.29, 1.82) is 0 Å². The predicted octanol–water partition coefficient (Wildman–Crippen LogP) is 3.29. The Morgan fingerprint density at radius 2 is 2.00 bits per heavy atom. The summed E-state index contributed by atoms with van der Waals surface area (Å²) in [7, 11) is 0. The van der Waals surface area contributed by atoms with E-state index in [0.29, 0.717) is 6.42 Å². The molecule has 23 heavy (non-hydrogen) atoms. The molecule has 0 saturated heterocycles. The van der Waals surface area contributed by atoms with Gasteiger partial charge in [0, 0.05) is 12.8 Å². The van der Waals surface area contributed by atoms with Gasteiger partial charge in [-0.05, 0) is 28.0 Å². The maximum absolute atomic E-state index is 12.4. The predicted molar refractivity (Wildman–Crippen MR) is 88.4 cm³/mol. The molecule has 3 rings (SSSR count). The minimum Gasteiger partial charge on any atom is -0.481 e. The molecule has 1 N–H and O–H groups in total. The fourth-order valence-corrected chi connectivity index (χ4v) is 3.31. The summed E-state index contributed by atoms with van der Waals surface area (Å²) in [5, 5.41) is 18.7. The normalized spacial score (nSPS) is 17.1. The molecule has 1 aliphatic heterocycles. The fraction of sp³-hybridized carbons (Fsp3) is 0.235. The molecule has 0 aliphatic carbocycles. The Hall–Kier alpha value is -2.47. The number of carboxylic acids is 1. The lowest BCUT2D eigenvalue weighted by atomic mass is 10.0. The molecule has 0 spiro atoms. The summed E-state index contributed by atoms with van der Waals surface area (Å²) < 4.78 is 0. The number of aliphatic carboxylic acids is 1. The largest absolute Gasteiger partial charge is 0.481 e. The van der Waals surface area contributed by atoms with E-state index in [-0.39, 0.29) is 24.8 Å². The summed E-state index contributed by atoms with van der Waals surface area (Å²) in [5.41, 5.74) is 2.88. The second kappa shape index (κ2) is 6.75. The summed E-state index contributed by atoms with van der Waals surface area (Å²) in [6, 6.07) is 11.6. The molecule has 2 heterocycles. The second-order valence-electron chi connectivity index (χ2n) is 5.32. The molecule has 0 saturated carbocycles. The van der Waals surface area contributed by atoms with Crippen molar-refractivity contribution in [2.45, 2.75) is 25.3 Å². The molecule has 0 fully saturated rings. The van der Waals surface area contributed by atoms with E-state index in [1.165, 1.54) is 5.01 Å². The van der Waals surface area contributed by atoms with Crippen LogP contribution in [0.4, 0.5) is 0 Å². The Morgan fingerprint density at radius 3 is 2.65 bits per heavy atom. The zero-order valence-electron chi connectivity index (χ0n) is 12.4. The second-order valence-corrected chi connectivity index (χ2v) is 6.10.